The molecule has 1 aliphatic carbocycles. The van der Waals surface area contributed by atoms with Gasteiger partial charge in [-0.2, -0.15) is 0 Å². The molecule has 0 bridgehead atoms. The molecule has 3 N–H and O–H groups in total. The van der Waals surface area contributed by atoms with E-state index in [2.05, 4.69) is 50.0 Å². The van der Waals surface area contributed by atoms with Crippen LogP contribution in [0, 0.1) is 6.92 Å². The van der Waals surface area contributed by atoms with Crippen LogP contribution in [0.2, 0.25) is 0 Å². The minimum absolute atomic E-state index is 0.0205. The molecule has 7 heteroatoms. The summed E-state index contributed by atoms with van der Waals surface area (Å²) in [5.41, 5.74) is 3.39. The number of aromatic amines is 1. The van der Waals surface area contributed by atoms with Crippen LogP contribution in [0.5, 0.6) is 0 Å². The normalized spacial score (nSPS) is 14.6. The number of carbonyl (C=O) groups excluding carboxylic acids is 1. The highest BCUT2D eigenvalue weighted by Crippen LogP contribution is 2.33. The zero-order valence-corrected chi connectivity index (χ0v) is 17.8. The Morgan fingerprint density at radius 3 is 2.93 bits per heavy atom. The first-order valence-corrected chi connectivity index (χ1v) is 11.4. The molecule has 1 fully saturated rings. The van der Waals surface area contributed by atoms with Gasteiger partial charge in [0.25, 0.3) is 5.91 Å². The number of aromatic nitrogens is 3. The minimum atomic E-state index is 0.0205. The van der Waals surface area contributed by atoms with Crippen molar-refractivity contribution in [2.45, 2.75) is 45.1 Å². The second kappa shape index (κ2) is 8.07. The Bertz CT molecular complexity index is 1200. The highest BCUT2D eigenvalue weighted by molar-refractivity contribution is 7.20. The van der Waals surface area contributed by atoms with Crippen molar-refractivity contribution in [1.82, 2.24) is 20.3 Å². The predicted octanol–water partition coefficient (Wildman–Crippen LogP) is 4.81. The molecule has 0 spiro atoms. The molecule has 1 aliphatic rings. The fourth-order valence-corrected chi connectivity index (χ4v) is 5.45. The Hall–Kier alpha value is -2.93. The van der Waals surface area contributed by atoms with Crippen molar-refractivity contribution in [2.24, 2.45) is 0 Å². The molecule has 0 unspecified atom stereocenters. The lowest BCUT2D eigenvalue weighted by Crippen LogP contribution is -2.32. The fraction of sp³-hybridized carbons (Fsp3) is 0.348. The first-order valence-electron chi connectivity index (χ1n) is 10.5. The van der Waals surface area contributed by atoms with Crippen LogP contribution in [-0.4, -0.2) is 33.4 Å². The summed E-state index contributed by atoms with van der Waals surface area (Å²) in [6.45, 7) is 2.75. The van der Waals surface area contributed by atoms with Crippen molar-refractivity contribution in [3.05, 3.63) is 52.8 Å². The standard InChI is InChI=1S/C23H25N5OS/c1-14-19-21(24-11-10-15-12-25-18-9-5-4-8-17(15)18)26-13-27-23(19)30-20(14)22(29)28-16-6-2-3-7-16/h4-5,8-9,12-13,16,25H,2-3,6-7,10-11H2,1H3,(H,28,29)(H,24,26,27). The van der Waals surface area contributed by atoms with Gasteiger partial charge in [0.15, 0.2) is 0 Å². The summed E-state index contributed by atoms with van der Waals surface area (Å²) in [7, 11) is 0. The number of fused-ring (bicyclic) bond motifs is 2. The molecule has 4 aromatic rings. The summed E-state index contributed by atoms with van der Waals surface area (Å²) in [5, 5.41) is 8.87. The van der Waals surface area contributed by atoms with Crippen molar-refractivity contribution >= 4 is 44.2 Å². The molecule has 5 rings (SSSR count). The van der Waals surface area contributed by atoms with E-state index in [1.807, 2.05) is 13.0 Å². The summed E-state index contributed by atoms with van der Waals surface area (Å²) in [6.07, 6.45) is 9.09. The first kappa shape index (κ1) is 19.1. The van der Waals surface area contributed by atoms with Crippen molar-refractivity contribution in [3.8, 4) is 0 Å². The number of anilines is 1. The molecule has 6 nitrogen and oxygen atoms in total. The van der Waals surface area contributed by atoms with Gasteiger partial charge >= 0.3 is 0 Å². The largest absolute Gasteiger partial charge is 0.369 e. The lowest BCUT2D eigenvalue weighted by Gasteiger charge is -2.11. The maximum Gasteiger partial charge on any atom is 0.261 e. The van der Waals surface area contributed by atoms with Gasteiger partial charge in [0, 0.05) is 29.7 Å². The lowest BCUT2D eigenvalue weighted by atomic mass is 10.1. The second-order valence-corrected chi connectivity index (χ2v) is 8.95. The fourth-order valence-electron chi connectivity index (χ4n) is 4.40. The third kappa shape index (κ3) is 3.54. The van der Waals surface area contributed by atoms with E-state index in [0.717, 1.165) is 57.8 Å². The predicted molar refractivity (Wildman–Crippen MR) is 122 cm³/mol. The number of nitrogens with one attached hydrogen (secondary N) is 3. The van der Waals surface area contributed by atoms with E-state index in [-0.39, 0.29) is 5.91 Å². The van der Waals surface area contributed by atoms with Crippen LogP contribution >= 0.6 is 11.3 Å². The summed E-state index contributed by atoms with van der Waals surface area (Å²) in [4.78, 5) is 26.6. The average molecular weight is 420 g/mol. The molecule has 3 heterocycles. The quantitative estimate of drug-likeness (QED) is 0.419. The van der Waals surface area contributed by atoms with Gasteiger partial charge in [0.1, 0.15) is 17.0 Å². The molecule has 3 aromatic heterocycles. The van der Waals surface area contributed by atoms with Crippen molar-refractivity contribution in [3.63, 3.8) is 0 Å². The monoisotopic (exact) mass is 419 g/mol. The zero-order valence-electron chi connectivity index (χ0n) is 17.0. The van der Waals surface area contributed by atoms with Crippen LogP contribution < -0.4 is 10.6 Å². The Kier molecular flexibility index (Phi) is 5.12. The number of nitrogens with zero attached hydrogens (tertiary/aromatic N) is 2. The highest BCUT2D eigenvalue weighted by atomic mass is 32.1. The van der Waals surface area contributed by atoms with Gasteiger partial charge in [-0.05, 0) is 43.4 Å². The average Bonchev–Trinajstić information content (AvgIpc) is 3.48. The SMILES string of the molecule is Cc1c(C(=O)NC2CCCC2)sc2ncnc(NCCc3c[nH]c4ccccc34)c12. The number of rotatable bonds is 6. The number of benzene rings is 1. The van der Waals surface area contributed by atoms with Gasteiger partial charge in [0.05, 0.1) is 10.3 Å². The van der Waals surface area contributed by atoms with Crippen LogP contribution in [0.25, 0.3) is 21.1 Å². The summed E-state index contributed by atoms with van der Waals surface area (Å²) in [6, 6.07) is 8.64. The molecular formula is C23H25N5OS. The smallest absolute Gasteiger partial charge is 0.261 e. The highest BCUT2D eigenvalue weighted by Gasteiger charge is 2.23. The summed E-state index contributed by atoms with van der Waals surface area (Å²) >= 11 is 1.45. The van der Waals surface area contributed by atoms with Crippen LogP contribution in [0.15, 0.2) is 36.8 Å². The first-order chi connectivity index (χ1) is 14.7. The van der Waals surface area contributed by atoms with Crippen molar-refractivity contribution in [1.29, 1.82) is 0 Å². The van der Waals surface area contributed by atoms with Gasteiger partial charge in [-0.1, -0.05) is 31.0 Å². The maximum atomic E-state index is 12.8. The molecule has 154 valence electrons. The molecular weight excluding hydrogens is 394 g/mol. The van der Waals surface area contributed by atoms with E-state index >= 15 is 0 Å². The third-order valence-corrected chi connectivity index (χ3v) is 7.18. The van der Waals surface area contributed by atoms with Gasteiger partial charge in [-0.15, -0.1) is 11.3 Å². The van der Waals surface area contributed by atoms with Crippen molar-refractivity contribution in [2.75, 3.05) is 11.9 Å². The minimum Gasteiger partial charge on any atom is -0.369 e. The van der Waals surface area contributed by atoms with Gasteiger partial charge in [0.2, 0.25) is 0 Å². The number of para-hydroxylation sites is 1. The number of hydrogen-bond donors (Lipinski definition) is 3. The Labute approximate surface area is 179 Å². The second-order valence-electron chi connectivity index (χ2n) is 7.95. The molecule has 1 aromatic carbocycles. The van der Waals surface area contributed by atoms with E-state index in [4.69, 9.17) is 0 Å². The number of carbonyl (C=O) groups is 1. The Morgan fingerprint density at radius 2 is 2.07 bits per heavy atom. The molecule has 0 atom stereocenters. The Morgan fingerprint density at radius 1 is 1.23 bits per heavy atom. The van der Waals surface area contributed by atoms with Crippen molar-refractivity contribution < 1.29 is 4.79 Å². The maximum absolute atomic E-state index is 12.8. The van der Waals surface area contributed by atoms with Crippen LogP contribution in [-0.2, 0) is 6.42 Å². The number of amides is 1. The van der Waals surface area contributed by atoms with Crippen LogP contribution in [0.1, 0.15) is 46.5 Å². The molecule has 0 aliphatic heterocycles. The lowest BCUT2D eigenvalue weighted by molar-refractivity contribution is 0.0941. The zero-order chi connectivity index (χ0) is 20.5. The van der Waals surface area contributed by atoms with Gasteiger partial charge < -0.3 is 15.6 Å². The molecule has 1 amide bonds. The van der Waals surface area contributed by atoms with Crippen LogP contribution in [0.3, 0.4) is 0 Å². The number of hydrogen-bond acceptors (Lipinski definition) is 5. The third-order valence-electron chi connectivity index (χ3n) is 5.99. The number of aryl methyl sites for hydroxylation is 1. The summed E-state index contributed by atoms with van der Waals surface area (Å²) in [5.74, 6) is 0.820. The van der Waals surface area contributed by atoms with Gasteiger partial charge in [-0.3, -0.25) is 4.79 Å². The van der Waals surface area contributed by atoms with E-state index in [0.29, 0.717) is 6.04 Å². The topological polar surface area (TPSA) is 82.7 Å². The molecule has 1 saturated carbocycles. The molecule has 0 radical (unpaired) electrons. The van der Waals surface area contributed by atoms with E-state index in [1.54, 1.807) is 6.33 Å². The van der Waals surface area contributed by atoms with Gasteiger partial charge in [-0.25, -0.2) is 9.97 Å². The van der Waals surface area contributed by atoms with E-state index in [1.165, 1.54) is 35.1 Å². The Balaban J connectivity index is 1.34. The van der Waals surface area contributed by atoms with E-state index in [9.17, 15) is 4.79 Å². The number of H-pyrrole nitrogens is 1. The number of thiophene rings is 1. The van der Waals surface area contributed by atoms with Crippen LogP contribution in [0.4, 0.5) is 5.82 Å². The summed E-state index contributed by atoms with van der Waals surface area (Å²) < 4.78 is 0. The van der Waals surface area contributed by atoms with E-state index < -0.39 is 0 Å². The molecule has 0 saturated heterocycles. The molecule has 30 heavy (non-hydrogen) atoms.